The largest absolute Gasteiger partial charge is 0.390 e. The number of halogens is 1. The van der Waals surface area contributed by atoms with Gasteiger partial charge in [0.05, 0.1) is 11.8 Å². The van der Waals surface area contributed by atoms with Gasteiger partial charge >= 0.3 is 0 Å². The molecule has 0 aromatic rings. The summed E-state index contributed by atoms with van der Waals surface area (Å²) in [5.41, 5.74) is 0.0523. The van der Waals surface area contributed by atoms with E-state index in [9.17, 15) is 9.90 Å². The highest BCUT2D eigenvalue weighted by Crippen LogP contribution is 2.68. The Labute approximate surface area is 186 Å². The number of nitrogens with zero attached hydrogens (tertiary/aromatic N) is 2. The summed E-state index contributed by atoms with van der Waals surface area (Å²) in [5, 5.41) is 14.8. The van der Waals surface area contributed by atoms with Crippen LogP contribution < -0.4 is 0 Å². The van der Waals surface area contributed by atoms with E-state index in [1.54, 1.807) is 10.9 Å². The molecule has 1 unspecified atom stereocenters. The van der Waals surface area contributed by atoms with Crippen molar-refractivity contribution in [3.05, 3.63) is 0 Å². The van der Waals surface area contributed by atoms with Gasteiger partial charge in [-0.2, -0.15) is 0 Å². The maximum absolute atomic E-state index is 13.3. The third-order valence-corrected chi connectivity index (χ3v) is 10.6. The van der Waals surface area contributed by atoms with Crippen molar-refractivity contribution in [2.24, 2.45) is 45.5 Å². The van der Waals surface area contributed by atoms with E-state index in [-0.39, 0.29) is 16.7 Å². The second kappa shape index (κ2) is 7.13. The molecule has 1 heterocycles. The minimum absolute atomic E-state index is 0.144. The van der Waals surface area contributed by atoms with Gasteiger partial charge in [-0.15, -0.1) is 11.6 Å². The van der Waals surface area contributed by atoms with E-state index >= 15 is 0 Å². The number of rotatable bonds is 3. The summed E-state index contributed by atoms with van der Waals surface area (Å²) in [5.74, 6) is 3.39. The normalized spacial score (nSPS) is 52.4. The van der Waals surface area contributed by atoms with Gasteiger partial charge in [0.15, 0.2) is 11.6 Å². The van der Waals surface area contributed by atoms with Crippen LogP contribution in [0, 0.1) is 40.4 Å². The molecular weight excluding hydrogens is 396 g/mol. The van der Waals surface area contributed by atoms with E-state index in [1.807, 2.05) is 13.1 Å². The number of alkyl halides is 1. The molecule has 0 bridgehead atoms. The fourth-order valence-corrected chi connectivity index (χ4v) is 8.89. The van der Waals surface area contributed by atoms with Crippen LogP contribution in [-0.2, 0) is 4.79 Å². The predicted octanol–water partition coefficient (Wildman–Crippen LogP) is 4.66. The lowest BCUT2D eigenvalue weighted by atomic mass is 9.44. The molecule has 0 spiro atoms. The van der Waals surface area contributed by atoms with Gasteiger partial charge in [0, 0.05) is 5.92 Å². The highest BCUT2D eigenvalue weighted by Gasteiger charge is 2.62. The lowest BCUT2D eigenvalue weighted by Crippen LogP contribution is -2.55. The molecule has 5 rings (SSSR count). The Hall–Kier alpha value is -0.740. The minimum Gasteiger partial charge on any atom is -0.390 e. The highest BCUT2D eigenvalue weighted by molar-refractivity contribution is 6.36. The monoisotopic (exact) mass is 433 g/mol. The summed E-state index contributed by atoms with van der Waals surface area (Å²) < 4.78 is 1.74. The molecule has 166 valence electrons. The number of fused-ring (bicyclic) bond motifs is 5. The first-order valence-electron chi connectivity index (χ1n) is 12.2. The molecule has 30 heavy (non-hydrogen) atoms. The molecule has 4 saturated carbocycles. The van der Waals surface area contributed by atoms with Crippen molar-refractivity contribution < 1.29 is 14.6 Å². The van der Waals surface area contributed by atoms with Crippen molar-refractivity contribution in [1.29, 1.82) is 0 Å². The number of aliphatic hydroxyl groups is 1. The molecule has 0 amide bonds. The van der Waals surface area contributed by atoms with Crippen LogP contribution in [0.25, 0.3) is 0 Å². The molecule has 9 atom stereocenters. The molecule has 5 heteroatoms. The maximum Gasteiger partial charge on any atom is 0.232 e. The van der Waals surface area contributed by atoms with Crippen LogP contribution in [0.3, 0.4) is 0 Å². The van der Waals surface area contributed by atoms with E-state index in [0.29, 0.717) is 29.6 Å². The molecule has 4 fully saturated rings. The summed E-state index contributed by atoms with van der Waals surface area (Å²) in [6.07, 6.45) is 13.9. The van der Waals surface area contributed by atoms with Gasteiger partial charge in [-0.1, -0.05) is 18.5 Å². The number of ketones is 1. The van der Waals surface area contributed by atoms with E-state index in [0.717, 1.165) is 31.1 Å². The topological polar surface area (TPSA) is 52.7 Å². The van der Waals surface area contributed by atoms with Crippen molar-refractivity contribution in [2.45, 2.75) is 89.5 Å². The zero-order valence-electron chi connectivity index (χ0n) is 18.8. The summed E-state index contributed by atoms with van der Waals surface area (Å²) in [4.78, 5) is 13.3. The van der Waals surface area contributed by atoms with Gasteiger partial charge in [0.1, 0.15) is 0 Å². The quantitative estimate of drug-likeness (QED) is 0.520. The molecule has 0 saturated heterocycles. The molecule has 0 radical (unpaired) electrons. The first-order valence-corrected chi connectivity index (χ1v) is 12.6. The van der Waals surface area contributed by atoms with Gasteiger partial charge in [-0.05, 0) is 104 Å². The van der Waals surface area contributed by atoms with Gasteiger partial charge in [0.25, 0.3) is 0 Å². The van der Waals surface area contributed by atoms with Crippen molar-refractivity contribution in [3.63, 3.8) is 0 Å². The zero-order chi connectivity index (χ0) is 21.3. The third-order valence-electron chi connectivity index (χ3n) is 10.3. The Kier molecular flexibility index (Phi) is 5.02. The van der Waals surface area contributed by atoms with Gasteiger partial charge in [-0.25, -0.2) is 0 Å². The standard InChI is InChI=1S/C25H38ClN2O2/c1-23(30)10-11-24(2)16(12-23)4-5-18-19-6-7-21(25(19,3)9-8-20(18)24)22(29)15-28-14-17(26)13-27-28/h13-14,16-21,30H,4-12,15H2,1-3H3/q+1/t16-,17?,18+,19+,20+,21-,23-,24+,25+/m1/s1. The lowest BCUT2D eigenvalue weighted by molar-refractivity contribution is -0.514. The van der Waals surface area contributed by atoms with Crippen LogP contribution >= 0.6 is 11.6 Å². The second-order valence-electron chi connectivity index (χ2n) is 12.0. The number of hydrazone groups is 1. The molecular formula is C25H38ClN2O2+. The van der Waals surface area contributed by atoms with Crippen LogP contribution in [0.2, 0.25) is 0 Å². The molecule has 1 N–H and O–H groups in total. The van der Waals surface area contributed by atoms with Crippen LogP contribution in [0.4, 0.5) is 0 Å². The van der Waals surface area contributed by atoms with Crippen LogP contribution in [0.15, 0.2) is 5.10 Å². The minimum atomic E-state index is -0.470. The number of carbonyl (C=O) groups is 1. The molecule has 5 aliphatic rings. The molecule has 4 nitrogen and oxygen atoms in total. The number of Topliss-reactive ketones (excluding diaryl/α,β-unsaturated/α-hetero) is 1. The van der Waals surface area contributed by atoms with Crippen molar-refractivity contribution >= 4 is 29.8 Å². The van der Waals surface area contributed by atoms with Gasteiger partial charge in [-0.3, -0.25) is 4.79 Å². The summed E-state index contributed by atoms with van der Waals surface area (Å²) >= 11 is 6.08. The molecule has 1 aliphatic heterocycles. The van der Waals surface area contributed by atoms with Crippen molar-refractivity contribution in [2.75, 3.05) is 6.54 Å². The first kappa shape index (κ1) is 21.1. The Morgan fingerprint density at radius 2 is 1.83 bits per heavy atom. The summed E-state index contributed by atoms with van der Waals surface area (Å²) in [7, 11) is 0. The number of carbonyl (C=O) groups excluding carboxylic acids is 1. The average Bonchev–Trinajstić information content (AvgIpc) is 3.24. The summed E-state index contributed by atoms with van der Waals surface area (Å²) in [6.45, 7) is 7.37. The van der Waals surface area contributed by atoms with Crippen LogP contribution in [0.1, 0.15) is 78.6 Å². The van der Waals surface area contributed by atoms with Crippen molar-refractivity contribution in [1.82, 2.24) is 0 Å². The SMILES string of the molecule is C[C@@]1(O)CC[C@@]2(C)[C@H](CC[C@@H]3[C@@H]2CC[C@]2(C)[C@@H](C(=O)C[N+]4=CC(Cl)C=N4)CC[C@@H]32)C1. The predicted molar refractivity (Wildman–Crippen MR) is 120 cm³/mol. The molecule has 0 aromatic carbocycles. The highest BCUT2D eigenvalue weighted by atomic mass is 35.5. The van der Waals surface area contributed by atoms with E-state index in [4.69, 9.17) is 11.6 Å². The smallest absolute Gasteiger partial charge is 0.232 e. The fourth-order valence-electron chi connectivity index (χ4n) is 8.71. The van der Waals surface area contributed by atoms with E-state index in [1.165, 1.54) is 38.5 Å². The number of hydrogen-bond donors (Lipinski definition) is 1. The van der Waals surface area contributed by atoms with Crippen LogP contribution in [0.5, 0.6) is 0 Å². The van der Waals surface area contributed by atoms with Gasteiger partial charge in [0.2, 0.25) is 12.3 Å². The first-order chi connectivity index (χ1) is 14.1. The second-order valence-corrected chi connectivity index (χ2v) is 12.5. The third kappa shape index (κ3) is 3.23. The van der Waals surface area contributed by atoms with E-state index < -0.39 is 5.60 Å². The Morgan fingerprint density at radius 1 is 1.07 bits per heavy atom. The zero-order valence-corrected chi connectivity index (χ0v) is 19.6. The molecule has 0 aromatic heterocycles. The van der Waals surface area contributed by atoms with E-state index in [2.05, 4.69) is 18.9 Å². The summed E-state index contributed by atoms with van der Waals surface area (Å²) in [6, 6.07) is 0. The Bertz CT molecular complexity index is 792. The maximum atomic E-state index is 13.3. The lowest BCUT2D eigenvalue weighted by Gasteiger charge is -2.61. The molecule has 4 aliphatic carbocycles. The fraction of sp³-hybridized carbons (Fsp3) is 0.880. The van der Waals surface area contributed by atoms with Gasteiger partial charge < -0.3 is 5.11 Å². The number of hydrogen-bond acceptors (Lipinski definition) is 3. The Morgan fingerprint density at radius 3 is 2.57 bits per heavy atom. The van der Waals surface area contributed by atoms with Crippen molar-refractivity contribution in [3.8, 4) is 0 Å². The Balaban J connectivity index is 1.34. The van der Waals surface area contributed by atoms with Crippen LogP contribution in [-0.4, -0.2) is 45.5 Å². The average molecular weight is 434 g/mol.